The summed E-state index contributed by atoms with van der Waals surface area (Å²) in [6.45, 7) is 2.84. The number of hydrogen-bond donors (Lipinski definition) is 3. The molecular weight excluding hydrogens is 595 g/mol. The van der Waals surface area contributed by atoms with Gasteiger partial charge in [0.25, 0.3) is 5.91 Å². The Morgan fingerprint density at radius 1 is 1.17 bits per heavy atom. The van der Waals surface area contributed by atoms with Gasteiger partial charge in [-0.1, -0.05) is 12.8 Å². The van der Waals surface area contributed by atoms with E-state index in [4.69, 9.17) is 25.6 Å². The molecule has 5 aromatic heterocycles. The molecule has 5 N–H and O–H groups in total. The maximum absolute atomic E-state index is 13.0. The highest BCUT2D eigenvalue weighted by Gasteiger charge is 2.26. The molecule has 1 aliphatic carbocycles. The molecule has 2 aliphatic rings. The van der Waals surface area contributed by atoms with Crippen LogP contribution in [0.5, 0.6) is 0 Å². The first-order valence-electron chi connectivity index (χ1n) is 13.8. The summed E-state index contributed by atoms with van der Waals surface area (Å²) in [4.78, 5) is 33.6. The molecule has 1 saturated carbocycles. The standard InChI is InChI=1S/C27H29N9O3S3/c28-16-3-1-2-4-17(16)31-27-32-18(22(25(29)38)26-33-30-13-36(26)27)9-14-10-20(42-34-14)15-12-40-24-19(37)11-21(41-23(15)24)35-5-7-39-8-6-35/h10-13,16-17H,1-9,28H2,(H2,29,38)(H,31,32)/t16-,17+/m1/s1. The molecule has 0 radical (unpaired) electrons. The highest BCUT2D eigenvalue weighted by atomic mass is 32.1. The minimum absolute atomic E-state index is 0.00680. The third-order valence-electron chi connectivity index (χ3n) is 7.84. The van der Waals surface area contributed by atoms with E-state index in [1.54, 1.807) is 21.8 Å². The quantitative estimate of drug-likeness (QED) is 0.245. The normalized spacial score (nSPS) is 19.5. The van der Waals surface area contributed by atoms with Crippen LogP contribution < -0.4 is 27.1 Å². The molecule has 7 rings (SSSR count). The summed E-state index contributed by atoms with van der Waals surface area (Å²) in [6, 6.07) is 3.79. The second-order valence-corrected chi connectivity index (χ2v) is 13.3. The topological polar surface area (TPSA) is 167 Å². The Bertz CT molecular complexity index is 1840. The summed E-state index contributed by atoms with van der Waals surface area (Å²) in [7, 11) is 0. The van der Waals surface area contributed by atoms with Crippen LogP contribution in [-0.2, 0) is 11.2 Å². The van der Waals surface area contributed by atoms with E-state index >= 15 is 0 Å². The zero-order valence-corrected chi connectivity index (χ0v) is 25.1. The molecule has 42 heavy (non-hydrogen) atoms. The van der Waals surface area contributed by atoms with Crippen LogP contribution >= 0.6 is 34.2 Å². The van der Waals surface area contributed by atoms with Gasteiger partial charge in [0.1, 0.15) is 11.9 Å². The highest BCUT2D eigenvalue weighted by molar-refractivity contribution is 7.29. The number of rotatable bonds is 7. The Kier molecular flexibility index (Phi) is 7.35. The SMILES string of the molecule is NC(=O)c1c(Cc2cc(-c3csc4c(=O)cc(N5CCOCC5)sc34)sn2)nc(N[C@H]2CCCC[C@H]2N)n2cnnc12. The van der Waals surface area contributed by atoms with Gasteiger partial charge in [-0.2, -0.15) is 4.37 Å². The fourth-order valence-corrected chi connectivity index (χ4v) is 8.94. The number of aromatic nitrogens is 5. The first-order valence-corrected chi connectivity index (χ1v) is 16.3. The number of ether oxygens (including phenoxy) is 1. The lowest BCUT2D eigenvalue weighted by Crippen LogP contribution is -2.43. The molecule has 0 bridgehead atoms. The number of nitrogens with zero attached hydrogens (tertiary/aromatic N) is 6. The summed E-state index contributed by atoms with van der Waals surface area (Å²) in [6.07, 6.45) is 5.87. The summed E-state index contributed by atoms with van der Waals surface area (Å²) < 4.78 is 13.6. The maximum Gasteiger partial charge on any atom is 0.254 e. The maximum atomic E-state index is 13.0. The van der Waals surface area contributed by atoms with Gasteiger partial charge in [-0.25, -0.2) is 4.98 Å². The molecule has 2 fully saturated rings. The van der Waals surface area contributed by atoms with Crippen molar-refractivity contribution in [3.05, 3.63) is 51.0 Å². The zero-order chi connectivity index (χ0) is 28.8. The molecule has 2 atom stereocenters. The summed E-state index contributed by atoms with van der Waals surface area (Å²) in [5.74, 6) is -0.104. The highest BCUT2D eigenvalue weighted by Crippen LogP contribution is 2.40. The Morgan fingerprint density at radius 3 is 2.81 bits per heavy atom. The van der Waals surface area contributed by atoms with E-state index < -0.39 is 5.91 Å². The smallest absolute Gasteiger partial charge is 0.254 e. The van der Waals surface area contributed by atoms with Crippen molar-refractivity contribution in [3.63, 3.8) is 0 Å². The second-order valence-electron chi connectivity index (χ2n) is 10.6. The molecule has 15 heteroatoms. The average molecular weight is 624 g/mol. The Morgan fingerprint density at radius 2 is 2.00 bits per heavy atom. The van der Waals surface area contributed by atoms with Crippen LogP contribution in [0.25, 0.3) is 25.5 Å². The lowest BCUT2D eigenvalue weighted by molar-refractivity contribution is 0.1000. The van der Waals surface area contributed by atoms with Crippen molar-refractivity contribution in [2.24, 2.45) is 11.5 Å². The van der Waals surface area contributed by atoms with Crippen LogP contribution in [0.2, 0.25) is 0 Å². The molecule has 6 heterocycles. The molecule has 0 unspecified atom stereocenters. The van der Waals surface area contributed by atoms with Crippen LogP contribution in [0, 0.1) is 0 Å². The number of carbonyl (C=O) groups is 1. The number of thiophene rings is 1. The van der Waals surface area contributed by atoms with Crippen LogP contribution in [0.3, 0.4) is 0 Å². The van der Waals surface area contributed by atoms with E-state index in [2.05, 4.69) is 20.4 Å². The first-order chi connectivity index (χ1) is 20.5. The third kappa shape index (κ3) is 5.04. The molecule has 1 amide bonds. The Hall–Kier alpha value is -3.50. The van der Waals surface area contributed by atoms with E-state index in [1.165, 1.54) is 29.2 Å². The third-order valence-corrected chi connectivity index (χ3v) is 11.0. The van der Waals surface area contributed by atoms with E-state index in [0.717, 1.165) is 69.3 Å². The van der Waals surface area contributed by atoms with Crippen molar-refractivity contribution in [2.45, 2.75) is 44.2 Å². The van der Waals surface area contributed by atoms with Crippen LogP contribution in [0.15, 0.2) is 28.6 Å². The van der Waals surface area contributed by atoms with Crippen LogP contribution in [0.1, 0.15) is 47.4 Å². The minimum atomic E-state index is -0.629. The summed E-state index contributed by atoms with van der Waals surface area (Å²) in [5, 5.41) is 14.7. The summed E-state index contributed by atoms with van der Waals surface area (Å²) in [5.41, 5.74) is 15.0. The average Bonchev–Trinajstić information content (AvgIpc) is 3.75. The van der Waals surface area contributed by atoms with E-state index in [1.807, 2.05) is 11.4 Å². The van der Waals surface area contributed by atoms with Crippen LogP contribution in [0.4, 0.5) is 10.9 Å². The number of fused-ring (bicyclic) bond motifs is 2. The number of anilines is 2. The zero-order valence-electron chi connectivity index (χ0n) is 22.6. The van der Waals surface area contributed by atoms with Crippen molar-refractivity contribution < 1.29 is 9.53 Å². The number of primary amides is 1. The van der Waals surface area contributed by atoms with E-state index in [9.17, 15) is 9.59 Å². The fraction of sp³-hybridized carbons (Fsp3) is 0.407. The first kappa shape index (κ1) is 27.3. The van der Waals surface area contributed by atoms with Gasteiger partial charge in [0, 0.05) is 48.6 Å². The number of hydrogen-bond acceptors (Lipinski definition) is 13. The van der Waals surface area contributed by atoms with Crippen molar-refractivity contribution in [1.29, 1.82) is 0 Å². The Labute approximate surface area is 252 Å². The van der Waals surface area contributed by atoms with Crippen molar-refractivity contribution in [2.75, 3.05) is 36.5 Å². The monoisotopic (exact) mass is 623 g/mol. The van der Waals surface area contributed by atoms with Crippen LogP contribution in [-0.4, -0.2) is 68.2 Å². The number of nitrogens with two attached hydrogens (primary N) is 2. The van der Waals surface area contributed by atoms with Gasteiger partial charge in [0.2, 0.25) is 5.95 Å². The molecule has 0 spiro atoms. The molecule has 12 nitrogen and oxygen atoms in total. The number of carbonyl (C=O) groups excluding carboxylic acids is 1. The van der Waals surface area contributed by atoms with Gasteiger partial charge in [-0.05, 0) is 30.4 Å². The number of amides is 1. The predicted molar refractivity (Wildman–Crippen MR) is 166 cm³/mol. The van der Waals surface area contributed by atoms with Crippen molar-refractivity contribution in [3.8, 4) is 10.4 Å². The van der Waals surface area contributed by atoms with Gasteiger partial charge < -0.3 is 26.4 Å². The molecule has 1 aliphatic heterocycles. The van der Waals surface area contributed by atoms with Crippen molar-refractivity contribution in [1.82, 2.24) is 24.0 Å². The fourth-order valence-electron chi connectivity index (χ4n) is 5.65. The summed E-state index contributed by atoms with van der Waals surface area (Å²) >= 11 is 4.44. The Balaban J connectivity index is 1.23. The van der Waals surface area contributed by atoms with Gasteiger partial charge in [-0.3, -0.25) is 14.0 Å². The lowest BCUT2D eigenvalue weighted by atomic mass is 9.91. The molecule has 1 saturated heterocycles. The second kappa shape index (κ2) is 11.3. The van der Waals surface area contributed by atoms with Gasteiger partial charge in [0.05, 0.1) is 43.9 Å². The van der Waals surface area contributed by atoms with Gasteiger partial charge >= 0.3 is 0 Å². The van der Waals surface area contributed by atoms with E-state index in [0.29, 0.717) is 30.5 Å². The lowest BCUT2D eigenvalue weighted by Gasteiger charge is -2.30. The molecule has 0 aromatic carbocycles. The molecule has 5 aromatic rings. The molecular formula is C27H29N9O3S3. The van der Waals surface area contributed by atoms with Gasteiger partial charge in [0.15, 0.2) is 11.1 Å². The number of morpholine rings is 1. The van der Waals surface area contributed by atoms with Gasteiger partial charge in [-0.15, -0.1) is 32.9 Å². The molecule has 218 valence electrons. The van der Waals surface area contributed by atoms with Crippen molar-refractivity contribution >= 4 is 66.1 Å². The predicted octanol–water partition coefficient (Wildman–Crippen LogP) is 3.09. The largest absolute Gasteiger partial charge is 0.378 e. The minimum Gasteiger partial charge on any atom is -0.378 e. The van der Waals surface area contributed by atoms with E-state index in [-0.39, 0.29) is 29.5 Å². The number of nitrogens with one attached hydrogen (secondary N) is 1.